The van der Waals surface area contributed by atoms with Crippen molar-refractivity contribution in [3.05, 3.63) is 345 Å². The second-order valence-corrected chi connectivity index (χ2v) is 37.9. The Morgan fingerprint density at radius 2 is 0.565 bits per heavy atom. The number of rotatable bonds is 11. The van der Waals surface area contributed by atoms with Crippen LogP contribution in [0.4, 0.5) is 38.5 Å². The third-order valence-electron chi connectivity index (χ3n) is 25.6. The minimum atomic E-state index is -0.264. The minimum Gasteiger partial charge on any atom is -0.336 e. The van der Waals surface area contributed by atoms with Crippen LogP contribution in [0.1, 0.15) is 214 Å². The molecule has 13 aromatic rings. The maximum Gasteiger partial charge on any atom is 0.131 e. The second-order valence-electron chi connectivity index (χ2n) is 37.9. The van der Waals surface area contributed by atoms with Crippen LogP contribution >= 0.6 is 0 Å². The molecule has 0 atom stereocenters. The Hall–Kier alpha value is -10.8. The molecule has 0 bridgehead atoms. The van der Waals surface area contributed by atoms with E-state index in [1.54, 1.807) is 11.6 Å². The van der Waals surface area contributed by atoms with Crippen LogP contribution in [0.15, 0.2) is 267 Å². The van der Waals surface area contributed by atoms with Gasteiger partial charge in [0.25, 0.3) is 0 Å². The highest BCUT2D eigenvalue weighted by atomic mass is 19.1. The third kappa shape index (κ3) is 14.7. The van der Waals surface area contributed by atoms with E-state index in [1.165, 1.54) is 189 Å². The first-order valence-corrected chi connectivity index (χ1v) is 42.1. The Balaban J connectivity index is 0.000000136. The van der Waals surface area contributed by atoms with Gasteiger partial charge in [-0.2, -0.15) is 0 Å². The first-order valence-electron chi connectivity index (χ1n) is 42.1. The Labute approximate surface area is 688 Å². The first-order chi connectivity index (χ1) is 54.6. The minimum absolute atomic E-state index is 0.0255. The van der Waals surface area contributed by atoms with Crippen LogP contribution in [0.3, 0.4) is 0 Å². The summed E-state index contributed by atoms with van der Waals surface area (Å²) in [6, 6.07) is 97.3. The molecule has 17 rings (SSSR count). The van der Waals surface area contributed by atoms with Crippen molar-refractivity contribution < 1.29 is 4.39 Å². The van der Waals surface area contributed by atoms with Gasteiger partial charge in [0.2, 0.25) is 0 Å². The summed E-state index contributed by atoms with van der Waals surface area (Å²) in [4.78, 5) is 7.60. The van der Waals surface area contributed by atoms with E-state index in [2.05, 4.69) is 415 Å². The number of benzene rings is 13. The quantitative estimate of drug-likeness (QED) is 0.128. The van der Waals surface area contributed by atoms with Gasteiger partial charge in [-0.05, 0) is 328 Å². The van der Waals surface area contributed by atoms with Crippen molar-refractivity contribution in [1.29, 1.82) is 0 Å². The number of hydrogen-bond donors (Lipinski definition) is 0. The van der Waals surface area contributed by atoms with Gasteiger partial charge in [-0.15, -0.1) is 0 Å². The molecule has 0 saturated heterocycles. The lowest BCUT2D eigenvalue weighted by Crippen LogP contribution is -2.38. The van der Waals surface area contributed by atoms with E-state index in [0.717, 1.165) is 22.3 Å². The average molecular weight is 1510 g/mol. The Kier molecular flexibility index (Phi) is 21.0. The molecular weight excluding hydrogens is 1390 g/mol. The number of anilines is 6. The highest BCUT2D eigenvalue weighted by Crippen LogP contribution is 2.59. The predicted molar refractivity (Wildman–Crippen MR) is 493 cm³/mol. The molecule has 0 spiro atoms. The maximum absolute atomic E-state index is 15.0. The molecule has 4 heteroatoms. The molecule has 3 nitrogen and oxygen atoms in total. The molecule has 0 amide bonds. The van der Waals surface area contributed by atoms with Gasteiger partial charge in [-0.25, -0.2) is 4.39 Å². The number of hydrogen-bond acceptors (Lipinski definition) is 3. The normalized spacial score (nSPS) is 14.7. The van der Waals surface area contributed by atoms with Crippen LogP contribution in [0.5, 0.6) is 0 Å². The van der Waals surface area contributed by atoms with Gasteiger partial charge in [-0.3, -0.25) is 0 Å². The molecule has 0 aliphatic heterocycles. The van der Waals surface area contributed by atoms with Gasteiger partial charge in [0.05, 0.1) is 0 Å². The zero-order valence-electron chi connectivity index (χ0n) is 72.2. The summed E-state index contributed by atoms with van der Waals surface area (Å²) in [5, 5.41) is 0. The summed E-state index contributed by atoms with van der Waals surface area (Å²) < 4.78 is 15.0. The van der Waals surface area contributed by atoms with Gasteiger partial charge < -0.3 is 14.7 Å². The van der Waals surface area contributed by atoms with Crippen molar-refractivity contribution in [3.8, 4) is 77.9 Å². The largest absolute Gasteiger partial charge is 0.336 e. The lowest BCUT2D eigenvalue weighted by Gasteiger charge is -2.40. The zero-order valence-corrected chi connectivity index (χ0v) is 72.2. The summed E-state index contributed by atoms with van der Waals surface area (Å²) in [5.41, 5.74) is 41.5. The number of aryl methyl sites for hydroxylation is 6. The Bertz CT molecular complexity index is 5810. The number of nitrogens with zero attached hydrogens (tertiary/aromatic N) is 3. The fraction of sp³-hybridized carbons (Fsp3) is 0.297. The Morgan fingerprint density at radius 1 is 0.261 bits per heavy atom. The molecule has 0 aromatic heterocycles. The lowest BCUT2D eigenvalue weighted by molar-refractivity contribution is 0.444. The van der Waals surface area contributed by atoms with Crippen molar-refractivity contribution in [1.82, 2.24) is 0 Å². The number of fused-ring (bicyclic) bond motifs is 9. The van der Waals surface area contributed by atoms with Crippen molar-refractivity contribution in [3.63, 3.8) is 0 Å². The van der Waals surface area contributed by atoms with Gasteiger partial charge >= 0.3 is 0 Å². The van der Waals surface area contributed by atoms with Crippen LogP contribution in [-0.4, -0.2) is 16.6 Å². The summed E-state index contributed by atoms with van der Waals surface area (Å²) in [5.74, 6) is 0.556. The summed E-state index contributed by atoms with van der Waals surface area (Å²) in [6.45, 7) is 48.2. The second kappa shape index (κ2) is 30.4. The van der Waals surface area contributed by atoms with Gasteiger partial charge in [0.1, 0.15) is 5.82 Å². The highest BCUT2D eigenvalue weighted by molar-refractivity contribution is 5.95. The Morgan fingerprint density at radius 3 is 0.930 bits per heavy atom. The molecule has 0 heterocycles. The van der Waals surface area contributed by atoms with Crippen LogP contribution in [-0.2, 0) is 16.2 Å². The SMILES string of the molecule is Cc1ccc(-c2ccccc2)cc1N(c1cc2c(cc1C)-c1c(-c3ccccc3)cccc1C2(C)C)C(C)(C)C.Cc1ccc(-c2ccccc2)cc1N(c1cc2c(cc1C)-c1c(C3CCCCC3)cccc1C2(C)C)C(C)(C)C.Cc1ccc(-c2ccccc2)cc1N(c1cc2c(cc1C)-c1c(F)cccc1C2(C)C)C(C)(C)C. The smallest absolute Gasteiger partial charge is 0.131 e. The van der Waals surface area contributed by atoms with Crippen molar-refractivity contribution in [2.45, 2.75) is 216 Å². The molecular formula is C111H118FN3. The maximum atomic E-state index is 15.0. The van der Waals surface area contributed by atoms with E-state index in [4.69, 9.17) is 0 Å². The molecule has 584 valence electrons. The van der Waals surface area contributed by atoms with Gasteiger partial charge in [0.15, 0.2) is 0 Å². The first kappa shape index (κ1) is 79.4. The molecule has 0 radical (unpaired) electrons. The van der Waals surface area contributed by atoms with E-state index in [9.17, 15) is 0 Å². The molecule has 4 aliphatic rings. The molecule has 1 saturated carbocycles. The average Bonchev–Trinajstić information content (AvgIpc) is 1.58. The van der Waals surface area contributed by atoms with Crippen molar-refractivity contribution >= 4 is 34.1 Å². The fourth-order valence-corrected chi connectivity index (χ4v) is 19.6. The summed E-state index contributed by atoms with van der Waals surface area (Å²) >= 11 is 0. The lowest BCUT2D eigenvalue weighted by atomic mass is 9.78. The topological polar surface area (TPSA) is 9.72 Å². The van der Waals surface area contributed by atoms with Crippen LogP contribution < -0.4 is 14.7 Å². The van der Waals surface area contributed by atoms with Crippen LogP contribution in [0.2, 0.25) is 0 Å². The van der Waals surface area contributed by atoms with E-state index in [1.807, 2.05) is 6.07 Å². The van der Waals surface area contributed by atoms with E-state index in [-0.39, 0.29) is 38.7 Å². The molecule has 0 N–H and O–H groups in total. The molecule has 115 heavy (non-hydrogen) atoms. The number of halogens is 1. The molecule has 4 aliphatic carbocycles. The third-order valence-corrected chi connectivity index (χ3v) is 25.6. The predicted octanol–water partition coefficient (Wildman–Crippen LogP) is 31.5. The fourth-order valence-electron chi connectivity index (χ4n) is 19.6. The monoisotopic (exact) mass is 1510 g/mol. The van der Waals surface area contributed by atoms with Crippen LogP contribution in [0, 0.1) is 47.4 Å². The molecule has 13 aromatic carbocycles. The standard InChI is InChI=1S/C39H45N.C39H39N.C33H34FN/c2*1-26-21-22-30(28-15-10-8-11-16-28)24-35(26)40(38(3,4)5)36-25-34-32(23-27(36)2)37-31(29-17-12-9-13-18-29)19-14-20-33(37)39(34,6)7;1-21-16-17-24(23-12-9-8-10-13-23)19-29(21)35(32(3,4)5)30-20-27-25(18-22(30)2)31-26(33(27,6)7)14-11-15-28(31)34/h8,10-11,14-16,19-25,29H,9,12-13,17-18H2,1-7H3;8-25H,1-7H3;8-20H,1-7H3. The van der Waals surface area contributed by atoms with E-state index in [0.29, 0.717) is 5.92 Å². The van der Waals surface area contributed by atoms with Gasteiger partial charge in [-0.1, -0.05) is 267 Å². The van der Waals surface area contributed by atoms with Crippen LogP contribution in [0.25, 0.3) is 77.9 Å². The van der Waals surface area contributed by atoms with Gasteiger partial charge in [0, 0.05) is 72.5 Å². The summed E-state index contributed by atoms with van der Waals surface area (Å²) in [7, 11) is 0. The summed E-state index contributed by atoms with van der Waals surface area (Å²) in [6.07, 6.45) is 6.79. The van der Waals surface area contributed by atoms with E-state index < -0.39 is 0 Å². The van der Waals surface area contributed by atoms with E-state index >= 15 is 4.39 Å². The molecule has 1 fully saturated rings. The van der Waals surface area contributed by atoms with Crippen molar-refractivity contribution in [2.24, 2.45) is 0 Å². The van der Waals surface area contributed by atoms with Crippen molar-refractivity contribution in [2.75, 3.05) is 14.7 Å². The molecule has 0 unspecified atom stereocenters. The highest BCUT2D eigenvalue weighted by Gasteiger charge is 2.43. The zero-order chi connectivity index (χ0) is 81.6.